The molecule has 2 heterocycles. The van der Waals surface area contributed by atoms with Crippen molar-refractivity contribution in [2.45, 2.75) is 24.2 Å². The molecule has 1 amide bonds. The van der Waals surface area contributed by atoms with Crippen LogP contribution in [0.15, 0.2) is 23.1 Å². The summed E-state index contributed by atoms with van der Waals surface area (Å²) >= 11 is 6.13. The predicted octanol–water partition coefficient (Wildman–Crippen LogP) is 0.160. The number of likely N-dealkylation sites (tertiary alicyclic amines) is 1. The summed E-state index contributed by atoms with van der Waals surface area (Å²) in [5, 5.41) is 3.00. The summed E-state index contributed by atoms with van der Waals surface area (Å²) < 4.78 is 32.2. The van der Waals surface area contributed by atoms with Crippen LogP contribution in [0.2, 0.25) is 5.02 Å². The lowest BCUT2D eigenvalue weighted by atomic mass is 10.2. The van der Waals surface area contributed by atoms with Crippen LogP contribution in [0, 0.1) is 0 Å². The monoisotopic (exact) mass is 416 g/mol. The molecular formula is C18H27ClN3O4S+. The number of sulfonamides is 1. The van der Waals surface area contributed by atoms with E-state index in [9.17, 15) is 13.2 Å². The van der Waals surface area contributed by atoms with Gasteiger partial charge >= 0.3 is 0 Å². The minimum Gasteiger partial charge on any atom is -0.379 e. The number of morpholine rings is 1. The number of benzene rings is 1. The first kappa shape index (κ1) is 20.5. The molecule has 0 atom stereocenters. The number of nitrogens with zero attached hydrogens (tertiary/aromatic N) is 1. The highest BCUT2D eigenvalue weighted by Gasteiger charge is 2.29. The zero-order valence-corrected chi connectivity index (χ0v) is 16.9. The van der Waals surface area contributed by atoms with Crippen molar-refractivity contribution in [1.29, 1.82) is 0 Å². The van der Waals surface area contributed by atoms with Gasteiger partial charge in [-0.2, -0.15) is 4.31 Å². The Balaban J connectivity index is 1.62. The minimum absolute atomic E-state index is 0.0276. The largest absolute Gasteiger partial charge is 0.379 e. The number of amides is 1. The first-order valence-electron chi connectivity index (χ1n) is 9.48. The molecule has 150 valence electrons. The number of hydrogen-bond donors (Lipinski definition) is 2. The summed E-state index contributed by atoms with van der Waals surface area (Å²) in [5.74, 6) is -0.276. The second kappa shape index (κ2) is 9.34. The van der Waals surface area contributed by atoms with Crippen LogP contribution in [0.5, 0.6) is 0 Å². The molecule has 0 unspecified atom stereocenters. The second-order valence-corrected chi connectivity index (χ2v) is 9.29. The van der Waals surface area contributed by atoms with Gasteiger partial charge < -0.3 is 15.0 Å². The van der Waals surface area contributed by atoms with Gasteiger partial charge in [0.25, 0.3) is 5.91 Å². The highest BCUT2D eigenvalue weighted by molar-refractivity contribution is 7.89. The van der Waals surface area contributed by atoms with Gasteiger partial charge in [-0.3, -0.25) is 4.79 Å². The van der Waals surface area contributed by atoms with E-state index < -0.39 is 10.0 Å². The number of quaternary nitrogens is 1. The van der Waals surface area contributed by atoms with E-state index in [1.807, 2.05) is 0 Å². The number of carbonyl (C=O) groups is 1. The maximum atomic E-state index is 12.8. The summed E-state index contributed by atoms with van der Waals surface area (Å²) in [6.45, 7) is 5.35. The van der Waals surface area contributed by atoms with Crippen LogP contribution >= 0.6 is 11.6 Å². The van der Waals surface area contributed by atoms with Crippen molar-refractivity contribution in [3.8, 4) is 0 Å². The molecule has 2 N–H and O–H groups in total. The maximum absolute atomic E-state index is 12.8. The van der Waals surface area contributed by atoms with Crippen molar-refractivity contribution in [2.75, 3.05) is 52.5 Å². The first-order chi connectivity index (χ1) is 13.0. The van der Waals surface area contributed by atoms with E-state index in [0.29, 0.717) is 25.3 Å². The molecule has 2 fully saturated rings. The van der Waals surface area contributed by atoms with E-state index in [-0.39, 0.29) is 28.9 Å². The van der Waals surface area contributed by atoms with Crippen LogP contribution in [0.4, 0.5) is 0 Å². The van der Waals surface area contributed by atoms with Gasteiger partial charge in [0, 0.05) is 44.5 Å². The Morgan fingerprint density at radius 2 is 1.93 bits per heavy atom. The second-order valence-electron chi connectivity index (χ2n) is 6.98. The number of rotatable bonds is 7. The zero-order valence-electron chi connectivity index (χ0n) is 15.4. The molecule has 2 aliphatic rings. The fourth-order valence-corrected chi connectivity index (χ4v) is 5.44. The Labute approximate surface area is 165 Å². The third-order valence-electron chi connectivity index (χ3n) is 5.08. The lowest BCUT2D eigenvalue weighted by molar-refractivity contribution is -0.887. The molecule has 0 radical (unpaired) electrons. The van der Waals surface area contributed by atoms with Gasteiger partial charge in [-0.25, -0.2) is 8.42 Å². The van der Waals surface area contributed by atoms with E-state index in [1.54, 1.807) is 11.0 Å². The van der Waals surface area contributed by atoms with Gasteiger partial charge in [0.05, 0.1) is 37.9 Å². The molecule has 0 saturated carbocycles. The molecule has 7 nitrogen and oxygen atoms in total. The molecule has 2 aliphatic heterocycles. The highest BCUT2D eigenvalue weighted by atomic mass is 35.5. The van der Waals surface area contributed by atoms with E-state index in [0.717, 1.165) is 13.0 Å². The van der Waals surface area contributed by atoms with E-state index in [1.165, 1.54) is 42.4 Å². The fourth-order valence-electron chi connectivity index (χ4n) is 3.54. The lowest BCUT2D eigenvalue weighted by Crippen LogP contribution is -3.10. The van der Waals surface area contributed by atoms with Gasteiger partial charge in [-0.15, -0.1) is 0 Å². The summed E-state index contributed by atoms with van der Waals surface area (Å²) in [6.07, 6.45) is 3.48. The Bertz CT molecular complexity index is 760. The molecule has 0 aliphatic carbocycles. The molecule has 0 bridgehead atoms. The smallest absolute Gasteiger partial charge is 0.251 e. The van der Waals surface area contributed by atoms with Crippen molar-refractivity contribution < 1.29 is 22.8 Å². The molecule has 27 heavy (non-hydrogen) atoms. The van der Waals surface area contributed by atoms with Crippen LogP contribution in [-0.2, 0) is 14.8 Å². The number of hydrogen-bond acceptors (Lipinski definition) is 4. The zero-order chi connectivity index (χ0) is 19.3. The Kier molecular flexibility index (Phi) is 7.10. The lowest BCUT2D eigenvalue weighted by Gasteiger charge is -2.26. The van der Waals surface area contributed by atoms with Crippen LogP contribution < -0.4 is 10.2 Å². The number of ether oxygens (including phenoxy) is 1. The van der Waals surface area contributed by atoms with Crippen molar-refractivity contribution >= 4 is 27.5 Å². The molecule has 0 spiro atoms. The fraction of sp³-hybridized carbons (Fsp3) is 0.611. The summed E-state index contributed by atoms with van der Waals surface area (Å²) in [4.78, 5) is 14.0. The van der Waals surface area contributed by atoms with Crippen LogP contribution in [0.1, 0.15) is 29.6 Å². The minimum atomic E-state index is -3.75. The average molecular weight is 417 g/mol. The third-order valence-corrected chi connectivity index (χ3v) is 7.46. The SMILES string of the molecule is O=C(NCCC[NH+]1CCCC1)c1ccc(Cl)c(S(=O)(=O)N2CCOCC2)c1. The third kappa shape index (κ3) is 5.20. The topological polar surface area (TPSA) is 80.2 Å². The van der Waals surface area contributed by atoms with Crippen LogP contribution in [-0.4, -0.2) is 71.1 Å². The molecule has 1 aromatic rings. The molecule has 3 rings (SSSR count). The number of nitrogens with one attached hydrogen (secondary N) is 2. The van der Waals surface area contributed by atoms with Gasteiger partial charge in [-0.1, -0.05) is 11.6 Å². The molecule has 2 saturated heterocycles. The maximum Gasteiger partial charge on any atom is 0.251 e. The molecule has 1 aromatic carbocycles. The normalized spacial score (nSPS) is 19.3. The van der Waals surface area contributed by atoms with Crippen molar-refractivity contribution in [2.24, 2.45) is 0 Å². The van der Waals surface area contributed by atoms with Crippen LogP contribution in [0.25, 0.3) is 0 Å². The first-order valence-corrected chi connectivity index (χ1v) is 11.3. The highest BCUT2D eigenvalue weighted by Crippen LogP contribution is 2.26. The van der Waals surface area contributed by atoms with E-state index >= 15 is 0 Å². The standard InChI is InChI=1S/C18H26ClN3O4S/c19-16-5-4-15(18(23)20-6-3-9-21-7-1-2-8-21)14-17(16)27(24,25)22-10-12-26-13-11-22/h4-5,14H,1-3,6-13H2,(H,20,23)/p+1. The Morgan fingerprint density at radius 1 is 1.22 bits per heavy atom. The van der Waals surface area contributed by atoms with Gasteiger partial charge in [0.2, 0.25) is 10.0 Å². The van der Waals surface area contributed by atoms with Crippen molar-refractivity contribution in [3.05, 3.63) is 28.8 Å². The van der Waals surface area contributed by atoms with Gasteiger partial charge in [-0.05, 0) is 18.2 Å². The van der Waals surface area contributed by atoms with Crippen molar-refractivity contribution in [3.63, 3.8) is 0 Å². The van der Waals surface area contributed by atoms with Crippen molar-refractivity contribution in [1.82, 2.24) is 9.62 Å². The molecule has 9 heteroatoms. The van der Waals surface area contributed by atoms with E-state index in [2.05, 4.69) is 5.32 Å². The summed E-state index contributed by atoms with van der Waals surface area (Å²) in [6, 6.07) is 4.40. The molecular weight excluding hydrogens is 390 g/mol. The molecule has 0 aromatic heterocycles. The quantitative estimate of drug-likeness (QED) is 0.620. The van der Waals surface area contributed by atoms with Gasteiger partial charge in [0.15, 0.2) is 0 Å². The predicted molar refractivity (Wildman–Crippen MR) is 103 cm³/mol. The summed E-state index contributed by atoms with van der Waals surface area (Å²) in [7, 11) is -3.75. The number of halogens is 1. The van der Waals surface area contributed by atoms with Gasteiger partial charge in [0.1, 0.15) is 4.90 Å². The number of carbonyl (C=O) groups excluding carboxylic acids is 1. The van der Waals surface area contributed by atoms with Crippen LogP contribution in [0.3, 0.4) is 0 Å². The Hall–Kier alpha value is -1.19. The summed E-state index contributed by atoms with van der Waals surface area (Å²) in [5.41, 5.74) is 0.305. The van der Waals surface area contributed by atoms with E-state index in [4.69, 9.17) is 16.3 Å². The average Bonchev–Trinajstić information content (AvgIpc) is 3.19. The Morgan fingerprint density at radius 3 is 2.63 bits per heavy atom.